The van der Waals surface area contributed by atoms with Gasteiger partial charge in [0.05, 0.1) is 17.7 Å². The van der Waals surface area contributed by atoms with Gasteiger partial charge in [0.2, 0.25) is 0 Å². The monoisotopic (exact) mass is 195 g/mol. The van der Waals surface area contributed by atoms with E-state index in [1.807, 2.05) is 19.1 Å². The van der Waals surface area contributed by atoms with Crippen LogP contribution in [0.2, 0.25) is 0 Å². The minimum absolute atomic E-state index is 0.0320. The van der Waals surface area contributed by atoms with Crippen LogP contribution in [0.5, 0.6) is 0 Å². The van der Waals surface area contributed by atoms with Gasteiger partial charge in [-0.2, -0.15) is 0 Å². The molecular weight excluding hydrogens is 186 g/mol. The Morgan fingerprint density at radius 2 is 2.38 bits per heavy atom. The predicted molar refractivity (Wildman–Crippen MR) is 50.5 cm³/mol. The summed E-state index contributed by atoms with van der Waals surface area (Å²) in [6.45, 7) is 2.00. The molecule has 3 nitrogen and oxygen atoms in total. The van der Waals surface area contributed by atoms with E-state index in [1.54, 1.807) is 17.5 Å². The van der Waals surface area contributed by atoms with Gasteiger partial charge in [-0.1, -0.05) is 5.16 Å². The van der Waals surface area contributed by atoms with E-state index in [0.717, 1.165) is 10.4 Å². The molecule has 0 aliphatic rings. The van der Waals surface area contributed by atoms with Crippen LogP contribution < -0.4 is 0 Å². The van der Waals surface area contributed by atoms with Gasteiger partial charge in [0.25, 0.3) is 0 Å². The molecule has 0 saturated carbocycles. The molecule has 0 spiro atoms. The largest absolute Gasteiger partial charge is 0.391 e. The smallest absolute Gasteiger partial charge is 0.182 e. The molecule has 1 N–H and O–H groups in total. The molecule has 0 aliphatic heterocycles. The summed E-state index contributed by atoms with van der Waals surface area (Å²) in [5, 5.41) is 12.6. The molecule has 13 heavy (non-hydrogen) atoms. The van der Waals surface area contributed by atoms with E-state index in [0.29, 0.717) is 5.76 Å². The second-order valence-electron chi connectivity index (χ2n) is 2.75. The highest BCUT2D eigenvalue weighted by Crippen LogP contribution is 2.30. The van der Waals surface area contributed by atoms with E-state index in [4.69, 9.17) is 9.63 Å². The maximum atomic E-state index is 8.98. The number of nitrogens with zero attached hydrogens (tertiary/aromatic N) is 1. The highest BCUT2D eigenvalue weighted by atomic mass is 32.1. The molecule has 0 bridgehead atoms. The highest BCUT2D eigenvalue weighted by molar-refractivity contribution is 7.15. The number of hydrogen-bond acceptors (Lipinski definition) is 4. The lowest BCUT2D eigenvalue weighted by atomic mass is 10.2. The second-order valence-corrected chi connectivity index (χ2v) is 4.04. The van der Waals surface area contributed by atoms with E-state index in [1.165, 1.54) is 4.88 Å². The minimum Gasteiger partial charge on any atom is -0.391 e. The average Bonchev–Trinajstić information content (AvgIpc) is 2.71. The first-order chi connectivity index (χ1) is 6.31. The summed E-state index contributed by atoms with van der Waals surface area (Å²) in [6.07, 6.45) is 1.55. The highest BCUT2D eigenvalue weighted by Gasteiger charge is 2.10. The zero-order valence-corrected chi connectivity index (χ0v) is 7.97. The van der Waals surface area contributed by atoms with Crippen molar-refractivity contribution in [2.45, 2.75) is 13.5 Å². The Morgan fingerprint density at radius 1 is 1.54 bits per heavy atom. The lowest BCUT2D eigenvalue weighted by Gasteiger charge is -1.91. The number of aromatic nitrogens is 1. The number of rotatable bonds is 2. The Balaban J connectivity index is 2.45. The van der Waals surface area contributed by atoms with Gasteiger partial charge < -0.3 is 9.63 Å². The fraction of sp³-hybridized carbons (Fsp3) is 0.222. The third-order valence-electron chi connectivity index (χ3n) is 1.78. The fourth-order valence-corrected chi connectivity index (χ4v) is 2.01. The molecule has 0 radical (unpaired) electrons. The zero-order valence-electron chi connectivity index (χ0n) is 7.15. The number of aliphatic hydroxyl groups is 1. The molecule has 0 unspecified atom stereocenters. The summed E-state index contributed by atoms with van der Waals surface area (Å²) in [5.41, 5.74) is 0.738. The Morgan fingerprint density at radius 3 is 3.00 bits per heavy atom. The van der Waals surface area contributed by atoms with E-state index in [9.17, 15) is 0 Å². The SMILES string of the molecule is Cc1ccc(-c2oncc2CO)s1. The van der Waals surface area contributed by atoms with E-state index in [-0.39, 0.29) is 6.61 Å². The summed E-state index contributed by atoms with van der Waals surface area (Å²) in [4.78, 5) is 2.23. The van der Waals surface area contributed by atoms with Crippen molar-refractivity contribution in [3.63, 3.8) is 0 Å². The lowest BCUT2D eigenvalue weighted by molar-refractivity contribution is 0.281. The summed E-state index contributed by atoms with van der Waals surface area (Å²) in [6, 6.07) is 3.99. The second kappa shape index (κ2) is 3.32. The van der Waals surface area contributed by atoms with Crippen LogP contribution in [0.3, 0.4) is 0 Å². The first kappa shape index (κ1) is 8.47. The first-order valence-corrected chi connectivity index (χ1v) is 4.74. The molecule has 4 heteroatoms. The van der Waals surface area contributed by atoms with Gasteiger partial charge in [0, 0.05) is 10.4 Å². The molecular formula is C9H9NO2S. The van der Waals surface area contributed by atoms with Gasteiger partial charge in [-0.3, -0.25) is 0 Å². The first-order valence-electron chi connectivity index (χ1n) is 3.92. The van der Waals surface area contributed by atoms with Crippen LogP contribution in [0, 0.1) is 6.92 Å². The molecule has 0 atom stereocenters. The maximum absolute atomic E-state index is 8.98. The van der Waals surface area contributed by atoms with Crippen molar-refractivity contribution in [2.75, 3.05) is 0 Å². The van der Waals surface area contributed by atoms with E-state index < -0.39 is 0 Å². The van der Waals surface area contributed by atoms with Crippen LogP contribution in [-0.2, 0) is 6.61 Å². The standard InChI is InChI=1S/C9H9NO2S/c1-6-2-3-8(13-6)9-7(5-11)4-10-12-9/h2-4,11H,5H2,1H3. The van der Waals surface area contributed by atoms with Gasteiger partial charge in [-0.05, 0) is 19.1 Å². The van der Waals surface area contributed by atoms with Crippen molar-refractivity contribution in [2.24, 2.45) is 0 Å². The molecule has 2 heterocycles. The number of aliphatic hydroxyl groups excluding tert-OH is 1. The van der Waals surface area contributed by atoms with Gasteiger partial charge in [-0.15, -0.1) is 11.3 Å². The summed E-state index contributed by atoms with van der Waals surface area (Å²) in [7, 11) is 0. The Hall–Kier alpha value is -1.13. The molecule has 2 aromatic heterocycles. The van der Waals surface area contributed by atoms with Crippen molar-refractivity contribution in [1.29, 1.82) is 0 Å². The third-order valence-corrected chi connectivity index (χ3v) is 2.78. The lowest BCUT2D eigenvalue weighted by Crippen LogP contribution is -1.80. The Kier molecular flexibility index (Phi) is 2.16. The van der Waals surface area contributed by atoms with Crippen LogP contribution in [0.15, 0.2) is 22.9 Å². The molecule has 0 fully saturated rings. The summed E-state index contributed by atoms with van der Waals surface area (Å²) < 4.78 is 5.06. The number of aryl methyl sites for hydroxylation is 1. The number of thiophene rings is 1. The topological polar surface area (TPSA) is 46.3 Å². The summed E-state index contributed by atoms with van der Waals surface area (Å²) in [5.74, 6) is 0.681. The van der Waals surface area contributed by atoms with Gasteiger partial charge in [-0.25, -0.2) is 0 Å². The quantitative estimate of drug-likeness (QED) is 0.799. The van der Waals surface area contributed by atoms with Crippen LogP contribution in [0.4, 0.5) is 0 Å². The molecule has 68 valence electrons. The maximum Gasteiger partial charge on any atom is 0.182 e. The number of hydrogen-bond donors (Lipinski definition) is 1. The predicted octanol–water partition coefficient (Wildman–Crippen LogP) is 2.20. The normalized spacial score (nSPS) is 10.6. The van der Waals surface area contributed by atoms with Crippen LogP contribution in [-0.4, -0.2) is 10.3 Å². The molecule has 0 amide bonds. The van der Waals surface area contributed by atoms with Crippen molar-refractivity contribution in [1.82, 2.24) is 5.16 Å². The average molecular weight is 195 g/mol. The Bertz CT molecular complexity index is 405. The molecule has 2 aromatic rings. The molecule has 0 aromatic carbocycles. The summed E-state index contributed by atoms with van der Waals surface area (Å²) >= 11 is 1.63. The Labute approximate surface area is 79.6 Å². The molecule has 2 rings (SSSR count). The van der Waals surface area contributed by atoms with Crippen LogP contribution >= 0.6 is 11.3 Å². The van der Waals surface area contributed by atoms with Crippen LogP contribution in [0.25, 0.3) is 10.6 Å². The van der Waals surface area contributed by atoms with Crippen LogP contribution in [0.1, 0.15) is 10.4 Å². The van der Waals surface area contributed by atoms with Crippen molar-refractivity contribution >= 4 is 11.3 Å². The van der Waals surface area contributed by atoms with E-state index in [2.05, 4.69) is 5.16 Å². The van der Waals surface area contributed by atoms with Crippen molar-refractivity contribution < 1.29 is 9.63 Å². The van der Waals surface area contributed by atoms with Gasteiger partial charge in [0.1, 0.15) is 0 Å². The van der Waals surface area contributed by atoms with Crippen molar-refractivity contribution in [3.8, 4) is 10.6 Å². The van der Waals surface area contributed by atoms with Gasteiger partial charge >= 0.3 is 0 Å². The third kappa shape index (κ3) is 1.50. The van der Waals surface area contributed by atoms with E-state index >= 15 is 0 Å². The molecule has 0 aliphatic carbocycles. The molecule has 0 saturated heterocycles. The minimum atomic E-state index is -0.0320. The zero-order chi connectivity index (χ0) is 9.26. The van der Waals surface area contributed by atoms with Gasteiger partial charge in [0.15, 0.2) is 5.76 Å². The fourth-order valence-electron chi connectivity index (χ4n) is 1.13. The van der Waals surface area contributed by atoms with Crippen molar-refractivity contribution in [3.05, 3.63) is 28.8 Å².